The van der Waals surface area contributed by atoms with E-state index in [2.05, 4.69) is 9.72 Å². The lowest BCUT2D eigenvalue weighted by Crippen LogP contribution is -2.01. The van der Waals surface area contributed by atoms with Crippen molar-refractivity contribution >= 4 is 17.7 Å². The van der Waals surface area contributed by atoms with Gasteiger partial charge in [-0.3, -0.25) is 0 Å². The number of methoxy groups -OCH3 is 1. The molecule has 0 spiro atoms. The van der Waals surface area contributed by atoms with Crippen LogP contribution in [0, 0.1) is 5.82 Å². The number of carbonyl (C=O) groups excluding carboxylic acids is 1. The van der Waals surface area contributed by atoms with Crippen molar-refractivity contribution in [2.24, 2.45) is 0 Å². The van der Waals surface area contributed by atoms with Crippen LogP contribution in [0.1, 0.15) is 10.4 Å². The molecule has 18 heavy (non-hydrogen) atoms. The number of halogens is 1. The smallest absolute Gasteiger partial charge is 0.337 e. The average molecular weight is 263 g/mol. The molecular weight excluding hydrogens is 253 g/mol. The fourth-order valence-corrected chi connectivity index (χ4v) is 2.22. The first-order chi connectivity index (χ1) is 8.69. The van der Waals surface area contributed by atoms with Crippen molar-refractivity contribution in [3.63, 3.8) is 0 Å². The van der Waals surface area contributed by atoms with E-state index in [9.17, 15) is 9.18 Å². The number of rotatable bonds is 3. The second-order valence-corrected chi connectivity index (χ2v) is 4.53. The Labute approximate surface area is 108 Å². The third kappa shape index (κ3) is 3.07. The number of hydrogen-bond acceptors (Lipinski definition) is 4. The van der Waals surface area contributed by atoms with Gasteiger partial charge in [-0.05, 0) is 30.3 Å². The van der Waals surface area contributed by atoms with E-state index in [1.165, 1.54) is 37.2 Å². The largest absolute Gasteiger partial charge is 0.465 e. The van der Waals surface area contributed by atoms with Gasteiger partial charge < -0.3 is 4.74 Å². The minimum Gasteiger partial charge on any atom is -0.465 e. The van der Waals surface area contributed by atoms with E-state index in [4.69, 9.17) is 0 Å². The van der Waals surface area contributed by atoms with E-state index in [0.717, 1.165) is 4.90 Å². The minimum atomic E-state index is -0.418. The normalized spacial score (nSPS) is 10.1. The molecular formula is C13H10FNO2S. The zero-order valence-electron chi connectivity index (χ0n) is 9.59. The maximum absolute atomic E-state index is 13.0. The molecule has 0 amide bonds. The molecule has 1 aromatic carbocycles. The summed E-state index contributed by atoms with van der Waals surface area (Å²) >= 11 is 1.28. The van der Waals surface area contributed by atoms with Crippen molar-refractivity contribution in [1.82, 2.24) is 4.98 Å². The first kappa shape index (κ1) is 12.6. The molecule has 5 heteroatoms. The van der Waals surface area contributed by atoms with Gasteiger partial charge in [-0.15, -0.1) is 0 Å². The van der Waals surface area contributed by atoms with E-state index < -0.39 is 5.97 Å². The first-order valence-electron chi connectivity index (χ1n) is 5.17. The Morgan fingerprint density at radius 3 is 2.89 bits per heavy atom. The highest BCUT2D eigenvalue weighted by atomic mass is 32.2. The third-order valence-electron chi connectivity index (χ3n) is 2.17. The quantitative estimate of drug-likeness (QED) is 0.797. The minimum absolute atomic E-state index is 0.302. The van der Waals surface area contributed by atoms with Crippen LogP contribution in [0.4, 0.5) is 4.39 Å². The molecule has 1 heterocycles. The van der Waals surface area contributed by atoms with Gasteiger partial charge in [0.25, 0.3) is 0 Å². The average Bonchev–Trinajstić information content (AvgIpc) is 2.38. The summed E-state index contributed by atoms with van der Waals surface area (Å²) < 4.78 is 17.6. The molecule has 0 aliphatic rings. The highest BCUT2D eigenvalue weighted by molar-refractivity contribution is 7.99. The number of nitrogens with zero attached hydrogens (tertiary/aromatic N) is 1. The van der Waals surface area contributed by atoms with Crippen LogP contribution in [0.2, 0.25) is 0 Å². The van der Waals surface area contributed by atoms with Crippen LogP contribution in [-0.2, 0) is 4.74 Å². The fraction of sp³-hybridized carbons (Fsp3) is 0.0769. The van der Waals surface area contributed by atoms with Gasteiger partial charge in [0, 0.05) is 11.1 Å². The zero-order valence-corrected chi connectivity index (χ0v) is 10.4. The Hall–Kier alpha value is -1.88. The topological polar surface area (TPSA) is 39.2 Å². The maximum atomic E-state index is 13.0. The van der Waals surface area contributed by atoms with Crippen molar-refractivity contribution in [2.45, 2.75) is 9.92 Å². The van der Waals surface area contributed by atoms with Gasteiger partial charge >= 0.3 is 5.97 Å². The molecule has 0 aliphatic heterocycles. The summed E-state index contributed by atoms with van der Waals surface area (Å²) in [7, 11) is 1.32. The number of benzene rings is 1. The molecule has 1 aromatic heterocycles. The first-order valence-corrected chi connectivity index (χ1v) is 5.98. The molecule has 0 atom stereocenters. The Balaban J connectivity index is 2.22. The lowest BCUT2D eigenvalue weighted by molar-refractivity contribution is 0.0600. The third-order valence-corrected chi connectivity index (χ3v) is 3.10. The molecule has 2 aromatic rings. The number of carbonyl (C=O) groups is 1. The van der Waals surface area contributed by atoms with Crippen LogP contribution in [0.25, 0.3) is 0 Å². The van der Waals surface area contributed by atoms with Gasteiger partial charge in [-0.2, -0.15) is 0 Å². The number of aromatic nitrogens is 1. The Morgan fingerprint density at radius 1 is 1.33 bits per heavy atom. The predicted molar refractivity (Wildman–Crippen MR) is 66.1 cm³/mol. The molecule has 92 valence electrons. The summed E-state index contributed by atoms with van der Waals surface area (Å²) in [6.07, 6.45) is 1.52. The van der Waals surface area contributed by atoms with Crippen LogP contribution in [0.5, 0.6) is 0 Å². The fourth-order valence-electron chi connectivity index (χ4n) is 1.36. The molecule has 0 N–H and O–H groups in total. The molecule has 0 saturated carbocycles. The van der Waals surface area contributed by atoms with E-state index in [-0.39, 0.29) is 5.82 Å². The highest BCUT2D eigenvalue weighted by Gasteiger charge is 2.07. The van der Waals surface area contributed by atoms with Gasteiger partial charge in [-0.25, -0.2) is 14.2 Å². The van der Waals surface area contributed by atoms with E-state index >= 15 is 0 Å². The molecule has 0 saturated heterocycles. The van der Waals surface area contributed by atoms with Gasteiger partial charge in [0.2, 0.25) is 0 Å². The highest BCUT2D eigenvalue weighted by Crippen LogP contribution is 2.26. The van der Waals surface area contributed by atoms with Crippen molar-refractivity contribution in [2.75, 3.05) is 7.11 Å². The van der Waals surface area contributed by atoms with Crippen molar-refractivity contribution < 1.29 is 13.9 Å². The number of ether oxygens (including phenoxy) is 1. The standard InChI is InChI=1S/C13H10FNO2S/c1-17-13(16)9-5-6-15-12(7-9)18-11-4-2-3-10(14)8-11/h2-8H,1H3. The van der Waals surface area contributed by atoms with Crippen molar-refractivity contribution in [3.8, 4) is 0 Å². The molecule has 0 bridgehead atoms. The summed E-state index contributed by atoms with van der Waals surface area (Å²) in [6.45, 7) is 0. The zero-order chi connectivity index (χ0) is 13.0. The summed E-state index contributed by atoms with van der Waals surface area (Å²) in [6, 6.07) is 9.38. The summed E-state index contributed by atoms with van der Waals surface area (Å²) in [4.78, 5) is 16.2. The van der Waals surface area contributed by atoms with Crippen LogP contribution in [0.15, 0.2) is 52.5 Å². The monoisotopic (exact) mass is 263 g/mol. The lowest BCUT2D eigenvalue weighted by atomic mass is 10.3. The molecule has 2 rings (SSSR count). The predicted octanol–water partition coefficient (Wildman–Crippen LogP) is 3.16. The summed E-state index contributed by atoms with van der Waals surface area (Å²) in [5.41, 5.74) is 0.423. The van der Waals surface area contributed by atoms with E-state index in [1.807, 2.05) is 0 Å². The second-order valence-electron chi connectivity index (χ2n) is 3.43. The lowest BCUT2D eigenvalue weighted by Gasteiger charge is -2.03. The number of pyridine rings is 1. The van der Waals surface area contributed by atoms with Gasteiger partial charge in [0.15, 0.2) is 0 Å². The van der Waals surface area contributed by atoms with Crippen LogP contribution in [-0.4, -0.2) is 18.1 Å². The number of hydrogen-bond donors (Lipinski definition) is 0. The van der Waals surface area contributed by atoms with Gasteiger partial charge in [0.05, 0.1) is 12.7 Å². The van der Waals surface area contributed by atoms with Crippen LogP contribution in [0.3, 0.4) is 0 Å². The molecule has 0 unspecified atom stereocenters. The van der Waals surface area contributed by atoms with E-state index in [0.29, 0.717) is 10.6 Å². The SMILES string of the molecule is COC(=O)c1ccnc(Sc2cccc(F)c2)c1. The molecule has 0 radical (unpaired) electrons. The second kappa shape index (κ2) is 5.64. The van der Waals surface area contributed by atoms with Crippen LogP contribution >= 0.6 is 11.8 Å². The van der Waals surface area contributed by atoms with Crippen molar-refractivity contribution in [3.05, 3.63) is 54.0 Å². The molecule has 0 fully saturated rings. The Kier molecular flexibility index (Phi) is 3.94. The number of esters is 1. The molecule has 3 nitrogen and oxygen atoms in total. The summed E-state index contributed by atoms with van der Waals surface area (Å²) in [5, 5.41) is 0.614. The van der Waals surface area contributed by atoms with Crippen LogP contribution < -0.4 is 0 Å². The van der Waals surface area contributed by atoms with E-state index in [1.54, 1.807) is 24.3 Å². The Bertz CT molecular complexity index is 574. The summed E-state index contributed by atoms with van der Waals surface area (Å²) in [5.74, 6) is -0.720. The maximum Gasteiger partial charge on any atom is 0.337 e. The van der Waals surface area contributed by atoms with Gasteiger partial charge in [-0.1, -0.05) is 17.8 Å². The van der Waals surface area contributed by atoms with Gasteiger partial charge in [0.1, 0.15) is 10.8 Å². The van der Waals surface area contributed by atoms with Crippen molar-refractivity contribution in [1.29, 1.82) is 0 Å². The molecule has 0 aliphatic carbocycles. The Morgan fingerprint density at radius 2 is 2.17 bits per heavy atom.